The molecule has 2 fully saturated rings. The summed E-state index contributed by atoms with van der Waals surface area (Å²) < 4.78 is 0. The summed E-state index contributed by atoms with van der Waals surface area (Å²) in [6.45, 7) is 11.9. The molecule has 2 aromatic rings. The van der Waals surface area contributed by atoms with Crippen LogP contribution in [0.5, 0.6) is 0 Å². The van der Waals surface area contributed by atoms with E-state index in [2.05, 4.69) is 89.6 Å². The molecule has 2 heterocycles. The average molecular weight is 548 g/mol. The van der Waals surface area contributed by atoms with Crippen molar-refractivity contribution in [3.63, 3.8) is 0 Å². The second-order valence-electron chi connectivity index (χ2n) is 11.4. The number of likely N-dealkylation sites (tertiary alicyclic amines) is 1. The van der Waals surface area contributed by atoms with Gasteiger partial charge in [0.05, 0.1) is 6.04 Å². The van der Waals surface area contributed by atoms with Crippen LogP contribution in [0.15, 0.2) is 60.7 Å². The van der Waals surface area contributed by atoms with Crippen LogP contribution in [0.1, 0.15) is 57.7 Å². The lowest BCUT2D eigenvalue weighted by molar-refractivity contribution is -0.130. The third-order valence-electron chi connectivity index (χ3n) is 8.38. The number of hydrogen-bond acceptors (Lipinski definition) is 4. The molecule has 216 valence electrons. The first kappa shape index (κ1) is 29.6. The van der Waals surface area contributed by atoms with Crippen molar-refractivity contribution in [2.24, 2.45) is 5.92 Å². The fraction of sp³-hybridized carbons (Fsp3) is 0.531. The monoisotopic (exact) mass is 547 g/mol. The van der Waals surface area contributed by atoms with E-state index >= 15 is 0 Å². The number of nitrogens with zero attached hydrogens (tertiary/aromatic N) is 4. The number of piperazine rings is 1. The number of rotatable bonds is 8. The van der Waals surface area contributed by atoms with Crippen LogP contribution in [0.3, 0.4) is 0 Å². The Labute approximate surface area is 239 Å². The zero-order chi connectivity index (χ0) is 28.6. The van der Waals surface area contributed by atoms with Gasteiger partial charge < -0.3 is 20.0 Å². The molecule has 2 aromatic carbocycles. The molecule has 2 aliphatic rings. The van der Waals surface area contributed by atoms with Gasteiger partial charge in [-0.1, -0.05) is 74.5 Å². The van der Waals surface area contributed by atoms with Crippen molar-refractivity contribution in [3.8, 4) is 0 Å². The van der Waals surface area contributed by atoms with E-state index in [9.17, 15) is 14.4 Å². The van der Waals surface area contributed by atoms with Crippen molar-refractivity contribution in [2.75, 3.05) is 45.8 Å². The van der Waals surface area contributed by atoms with Crippen LogP contribution >= 0.6 is 0 Å². The zero-order valence-electron chi connectivity index (χ0n) is 24.5. The number of benzene rings is 2. The van der Waals surface area contributed by atoms with E-state index in [-0.39, 0.29) is 41.9 Å². The Morgan fingerprint density at radius 3 is 1.95 bits per heavy atom. The molecule has 4 rings (SSSR count). The van der Waals surface area contributed by atoms with Gasteiger partial charge in [0.25, 0.3) is 0 Å². The predicted octanol–water partition coefficient (Wildman–Crippen LogP) is 3.99. The summed E-state index contributed by atoms with van der Waals surface area (Å²) in [4.78, 5) is 46.2. The molecule has 0 spiro atoms. The van der Waals surface area contributed by atoms with Crippen molar-refractivity contribution >= 4 is 17.8 Å². The molecule has 0 saturated carbocycles. The normalized spacial score (nSPS) is 18.7. The standard InChI is InChI=1S/C32H45N5O3/c1-24(2)30-23-35(31(27-11-7-5-8-12-27)28-13-9-6-10-14-28)21-22-37(30)32(40)36(20-17-33-25(3)38)29-15-18-34(19-16-29)26(4)39/h5-14,24,29-31H,15-23H2,1-4H3,(H,33,38). The maximum Gasteiger partial charge on any atom is 0.320 e. The summed E-state index contributed by atoms with van der Waals surface area (Å²) in [5.41, 5.74) is 2.51. The summed E-state index contributed by atoms with van der Waals surface area (Å²) >= 11 is 0. The van der Waals surface area contributed by atoms with Gasteiger partial charge in [0.15, 0.2) is 0 Å². The number of amides is 4. The SMILES string of the molecule is CC(=O)NCCN(C(=O)N1CCN(C(c2ccccc2)c2ccccc2)CC1C(C)C)C1CCN(C(C)=O)CC1. The number of nitrogens with one attached hydrogen (secondary N) is 1. The first-order chi connectivity index (χ1) is 19.3. The quantitative estimate of drug-likeness (QED) is 0.542. The second kappa shape index (κ2) is 13.8. The minimum atomic E-state index is -0.0969. The van der Waals surface area contributed by atoms with Crippen molar-refractivity contribution in [3.05, 3.63) is 71.8 Å². The molecule has 8 nitrogen and oxygen atoms in total. The molecule has 0 bridgehead atoms. The van der Waals surface area contributed by atoms with Gasteiger partial charge >= 0.3 is 6.03 Å². The van der Waals surface area contributed by atoms with Gasteiger partial charge in [-0.25, -0.2) is 4.79 Å². The third kappa shape index (κ3) is 7.22. The van der Waals surface area contributed by atoms with Gasteiger partial charge in [-0.05, 0) is 29.9 Å². The topological polar surface area (TPSA) is 76.2 Å². The molecule has 1 atom stereocenters. The molecule has 40 heavy (non-hydrogen) atoms. The van der Waals surface area contributed by atoms with Crippen LogP contribution in [-0.2, 0) is 9.59 Å². The number of hydrogen-bond donors (Lipinski definition) is 1. The Kier molecular flexibility index (Phi) is 10.2. The summed E-state index contributed by atoms with van der Waals surface area (Å²) in [5.74, 6) is 0.257. The molecule has 2 aliphatic heterocycles. The lowest BCUT2D eigenvalue weighted by atomic mass is 9.93. The molecular formula is C32H45N5O3. The number of carbonyl (C=O) groups is 3. The Bertz CT molecular complexity index is 1080. The van der Waals surface area contributed by atoms with Gasteiger partial charge in [-0.2, -0.15) is 0 Å². The minimum absolute atomic E-state index is 0.0425. The fourth-order valence-electron chi connectivity index (χ4n) is 6.20. The van der Waals surface area contributed by atoms with Crippen molar-refractivity contribution in [2.45, 2.75) is 58.7 Å². The van der Waals surface area contributed by atoms with Crippen LogP contribution in [0.4, 0.5) is 4.79 Å². The lowest BCUT2D eigenvalue weighted by Gasteiger charge is -2.49. The van der Waals surface area contributed by atoms with Gasteiger partial charge in [0.1, 0.15) is 0 Å². The molecule has 0 aromatic heterocycles. The van der Waals surface area contributed by atoms with E-state index in [0.717, 1.165) is 25.9 Å². The smallest absolute Gasteiger partial charge is 0.320 e. The summed E-state index contributed by atoms with van der Waals surface area (Å²) in [6.07, 6.45) is 1.50. The minimum Gasteiger partial charge on any atom is -0.355 e. The highest BCUT2D eigenvalue weighted by Crippen LogP contribution is 2.32. The molecule has 2 saturated heterocycles. The van der Waals surface area contributed by atoms with Crippen LogP contribution < -0.4 is 5.32 Å². The maximum atomic E-state index is 14.3. The van der Waals surface area contributed by atoms with E-state index in [4.69, 9.17) is 0 Å². The van der Waals surface area contributed by atoms with Crippen LogP contribution in [0, 0.1) is 5.92 Å². The van der Waals surface area contributed by atoms with Crippen LogP contribution in [0.2, 0.25) is 0 Å². The van der Waals surface area contributed by atoms with E-state index in [0.29, 0.717) is 32.7 Å². The lowest BCUT2D eigenvalue weighted by Crippen LogP contribution is -2.62. The zero-order valence-corrected chi connectivity index (χ0v) is 24.5. The van der Waals surface area contributed by atoms with Gasteiger partial charge in [0.2, 0.25) is 11.8 Å². The Hall–Kier alpha value is -3.39. The Morgan fingerprint density at radius 2 is 1.45 bits per heavy atom. The van der Waals surface area contributed by atoms with E-state index in [1.807, 2.05) is 9.80 Å². The molecule has 8 heteroatoms. The first-order valence-electron chi connectivity index (χ1n) is 14.7. The van der Waals surface area contributed by atoms with Crippen LogP contribution in [0.25, 0.3) is 0 Å². The number of piperidine rings is 1. The molecule has 1 unspecified atom stereocenters. The van der Waals surface area contributed by atoms with Gasteiger partial charge in [-0.15, -0.1) is 0 Å². The highest BCUT2D eigenvalue weighted by Gasteiger charge is 2.39. The predicted molar refractivity (Wildman–Crippen MR) is 158 cm³/mol. The highest BCUT2D eigenvalue weighted by atomic mass is 16.2. The summed E-state index contributed by atoms with van der Waals surface area (Å²) in [6, 6.07) is 21.5. The largest absolute Gasteiger partial charge is 0.355 e. The molecule has 0 aliphatic carbocycles. The number of carbonyl (C=O) groups excluding carboxylic acids is 3. The summed E-state index contributed by atoms with van der Waals surface area (Å²) in [7, 11) is 0. The molecule has 0 radical (unpaired) electrons. The van der Waals surface area contributed by atoms with Gasteiger partial charge in [0, 0.05) is 71.7 Å². The Morgan fingerprint density at radius 1 is 0.875 bits per heavy atom. The van der Waals surface area contributed by atoms with E-state index in [1.54, 1.807) is 6.92 Å². The summed E-state index contributed by atoms with van der Waals surface area (Å²) in [5, 5.41) is 2.87. The number of urea groups is 1. The average Bonchev–Trinajstić information content (AvgIpc) is 2.96. The van der Waals surface area contributed by atoms with E-state index < -0.39 is 0 Å². The van der Waals surface area contributed by atoms with Crippen molar-refractivity contribution in [1.82, 2.24) is 24.9 Å². The van der Waals surface area contributed by atoms with Crippen molar-refractivity contribution in [1.29, 1.82) is 0 Å². The molecule has 1 N–H and O–H groups in total. The van der Waals surface area contributed by atoms with Crippen molar-refractivity contribution < 1.29 is 14.4 Å². The fourth-order valence-corrected chi connectivity index (χ4v) is 6.20. The van der Waals surface area contributed by atoms with Crippen LogP contribution in [-0.4, -0.2) is 95.3 Å². The second-order valence-corrected chi connectivity index (χ2v) is 11.4. The highest BCUT2D eigenvalue weighted by molar-refractivity contribution is 5.76. The first-order valence-corrected chi connectivity index (χ1v) is 14.7. The maximum absolute atomic E-state index is 14.3. The van der Waals surface area contributed by atoms with Gasteiger partial charge in [-0.3, -0.25) is 14.5 Å². The molecular weight excluding hydrogens is 502 g/mol. The third-order valence-corrected chi connectivity index (χ3v) is 8.38. The molecule has 4 amide bonds. The van der Waals surface area contributed by atoms with E-state index in [1.165, 1.54) is 18.1 Å². The Balaban J connectivity index is 1.55.